The minimum absolute atomic E-state index is 0.444. The van der Waals surface area contributed by atoms with E-state index in [0.29, 0.717) is 6.10 Å². The van der Waals surface area contributed by atoms with Gasteiger partial charge in [0.15, 0.2) is 5.96 Å². The van der Waals surface area contributed by atoms with Crippen molar-refractivity contribution in [2.24, 2.45) is 10.9 Å². The lowest BCUT2D eigenvalue weighted by Gasteiger charge is -2.34. The monoisotopic (exact) mass is 255 g/mol. The highest BCUT2D eigenvalue weighted by atomic mass is 16.5. The number of guanidine groups is 1. The van der Waals surface area contributed by atoms with Crippen LogP contribution in [-0.4, -0.2) is 50.3 Å². The van der Waals surface area contributed by atoms with Gasteiger partial charge >= 0.3 is 0 Å². The predicted octanol–water partition coefficient (Wildman–Crippen LogP) is 2.11. The summed E-state index contributed by atoms with van der Waals surface area (Å²) in [5.74, 6) is 1.78. The molecule has 1 rings (SSSR count). The van der Waals surface area contributed by atoms with Crippen molar-refractivity contribution in [3.05, 3.63) is 0 Å². The van der Waals surface area contributed by atoms with E-state index in [1.807, 2.05) is 7.05 Å². The molecule has 1 fully saturated rings. The van der Waals surface area contributed by atoms with Crippen molar-refractivity contribution in [2.45, 2.75) is 46.1 Å². The molecule has 18 heavy (non-hydrogen) atoms. The molecule has 1 heterocycles. The molecule has 0 atom stereocenters. The lowest BCUT2D eigenvalue weighted by atomic mass is 10.1. The van der Waals surface area contributed by atoms with Crippen LogP contribution in [0.3, 0.4) is 0 Å². The van der Waals surface area contributed by atoms with Gasteiger partial charge in [0.2, 0.25) is 0 Å². The minimum Gasteiger partial charge on any atom is -0.378 e. The zero-order chi connectivity index (χ0) is 13.4. The Morgan fingerprint density at radius 3 is 2.56 bits per heavy atom. The van der Waals surface area contributed by atoms with E-state index in [4.69, 9.17) is 4.74 Å². The number of piperidine rings is 1. The Bertz CT molecular complexity index is 245. The second-order valence-corrected chi connectivity index (χ2v) is 5.30. The molecule has 0 bridgehead atoms. The Morgan fingerprint density at radius 1 is 1.39 bits per heavy atom. The fraction of sp³-hybridized carbons (Fsp3) is 0.929. The zero-order valence-electron chi connectivity index (χ0n) is 12.4. The van der Waals surface area contributed by atoms with Crippen molar-refractivity contribution in [2.75, 3.05) is 33.3 Å². The molecule has 0 spiro atoms. The maximum absolute atomic E-state index is 5.67. The van der Waals surface area contributed by atoms with Gasteiger partial charge in [-0.25, -0.2) is 0 Å². The fourth-order valence-corrected chi connectivity index (χ4v) is 2.27. The third-order valence-electron chi connectivity index (χ3n) is 3.36. The Hall–Kier alpha value is -0.770. The van der Waals surface area contributed by atoms with Gasteiger partial charge in [0.25, 0.3) is 0 Å². The van der Waals surface area contributed by atoms with Crippen LogP contribution in [-0.2, 0) is 4.74 Å². The maximum atomic E-state index is 5.67. The molecule has 1 saturated heterocycles. The molecule has 4 heteroatoms. The molecule has 0 aliphatic carbocycles. The van der Waals surface area contributed by atoms with Crippen LogP contribution >= 0.6 is 0 Å². The van der Waals surface area contributed by atoms with E-state index in [2.05, 4.69) is 36.0 Å². The van der Waals surface area contributed by atoms with Gasteiger partial charge < -0.3 is 15.0 Å². The minimum atomic E-state index is 0.444. The third-order valence-corrected chi connectivity index (χ3v) is 3.36. The number of hydrogen-bond donors (Lipinski definition) is 1. The highest BCUT2D eigenvalue weighted by molar-refractivity contribution is 5.79. The van der Waals surface area contributed by atoms with Crippen molar-refractivity contribution < 1.29 is 4.74 Å². The van der Waals surface area contributed by atoms with Crippen LogP contribution in [0.4, 0.5) is 0 Å². The largest absolute Gasteiger partial charge is 0.378 e. The number of nitrogens with zero attached hydrogens (tertiary/aromatic N) is 2. The van der Waals surface area contributed by atoms with E-state index >= 15 is 0 Å². The van der Waals surface area contributed by atoms with Crippen LogP contribution in [0.1, 0.15) is 40.0 Å². The van der Waals surface area contributed by atoms with Gasteiger partial charge in [-0.1, -0.05) is 13.8 Å². The first-order chi connectivity index (χ1) is 8.67. The van der Waals surface area contributed by atoms with E-state index in [0.717, 1.165) is 51.0 Å². The summed E-state index contributed by atoms with van der Waals surface area (Å²) in [4.78, 5) is 6.71. The molecule has 0 amide bonds. The third kappa shape index (κ3) is 5.25. The molecule has 0 unspecified atom stereocenters. The average Bonchev–Trinajstić information content (AvgIpc) is 2.36. The second kappa shape index (κ2) is 8.35. The lowest BCUT2D eigenvalue weighted by molar-refractivity contribution is 0.0264. The quantitative estimate of drug-likeness (QED) is 0.604. The molecular formula is C14H29N3O. The van der Waals surface area contributed by atoms with Crippen molar-refractivity contribution in [3.63, 3.8) is 0 Å². The molecule has 1 aliphatic rings. The number of rotatable bonds is 5. The number of nitrogens with one attached hydrogen (secondary N) is 1. The molecular weight excluding hydrogens is 226 g/mol. The van der Waals surface area contributed by atoms with Gasteiger partial charge in [-0.2, -0.15) is 0 Å². The van der Waals surface area contributed by atoms with Gasteiger partial charge in [-0.05, 0) is 32.1 Å². The predicted molar refractivity (Wildman–Crippen MR) is 77.0 cm³/mol. The molecule has 1 N–H and O–H groups in total. The topological polar surface area (TPSA) is 36.9 Å². The summed E-state index contributed by atoms with van der Waals surface area (Å²) in [5, 5.41) is 3.45. The maximum Gasteiger partial charge on any atom is 0.193 e. The number of aliphatic imine (C=N–C) groups is 1. The van der Waals surface area contributed by atoms with E-state index in [1.54, 1.807) is 0 Å². The van der Waals surface area contributed by atoms with E-state index in [-0.39, 0.29) is 0 Å². The van der Waals surface area contributed by atoms with Crippen molar-refractivity contribution in [1.82, 2.24) is 10.2 Å². The molecule has 0 radical (unpaired) electrons. The first kappa shape index (κ1) is 15.3. The standard InChI is InChI=1S/C14H29N3O/c1-5-18-13-7-10-17(11-8-13)14(15-4)16-9-6-12(2)3/h12-13H,5-11H2,1-4H3,(H,15,16). The smallest absolute Gasteiger partial charge is 0.193 e. The van der Waals surface area contributed by atoms with Crippen molar-refractivity contribution in [3.8, 4) is 0 Å². The van der Waals surface area contributed by atoms with Gasteiger partial charge in [0.1, 0.15) is 0 Å². The Kier molecular flexibility index (Phi) is 7.09. The van der Waals surface area contributed by atoms with Crippen LogP contribution < -0.4 is 5.32 Å². The normalized spacial score (nSPS) is 18.5. The Balaban J connectivity index is 2.30. The van der Waals surface area contributed by atoms with Gasteiger partial charge in [0, 0.05) is 33.3 Å². The summed E-state index contributed by atoms with van der Waals surface area (Å²) < 4.78 is 5.67. The molecule has 0 aromatic carbocycles. The van der Waals surface area contributed by atoms with E-state index in [9.17, 15) is 0 Å². The first-order valence-corrected chi connectivity index (χ1v) is 7.24. The molecule has 0 saturated carbocycles. The molecule has 0 aromatic rings. The van der Waals surface area contributed by atoms with Crippen molar-refractivity contribution in [1.29, 1.82) is 0 Å². The van der Waals surface area contributed by atoms with Crippen LogP contribution in [0.5, 0.6) is 0 Å². The van der Waals surface area contributed by atoms with Gasteiger partial charge in [0.05, 0.1) is 6.10 Å². The summed E-state index contributed by atoms with van der Waals surface area (Å²) in [6.45, 7) is 10.5. The second-order valence-electron chi connectivity index (χ2n) is 5.30. The molecule has 4 nitrogen and oxygen atoms in total. The SMILES string of the molecule is CCOC1CCN(C(=NC)NCCC(C)C)CC1. The summed E-state index contributed by atoms with van der Waals surface area (Å²) in [6, 6.07) is 0. The summed E-state index contributed by atoms with van der Waals surface area (Å²) in [5.41, 5.74) is 0. The molecule has 1 aliphatic heterocycles. The van der Waals surface area contributed by atoms with Crippen molar-refractivity contribution >= 4 is 5.96 Å². The summed E-state index contributed by atoms with van der Waals surface area (Å²) >= 11 is 0. The zero-order valence-corrected chi connectivity index (χ0v) is 12.4. The number of likely N-dealkylation sites (tertiary alicyclic amines) is 1. The average molecular weight is 255 g/mol. The van der Waals surface area contributed by atoms with Crippen LogP contribution in [0.25, 0.3) is 0 Å². The van der Waals surface area contributed by atoms with Crippen LogP contribution in [0.15, 0.2) is 4.99 Å². The highest BCUT2D eigenvalue weighted by Gasteiger charge is 2.21. The Labute approximate surface area is 112 Å². The fourth-order valence-electron chi connectivity index (χ4n) is 2.27. The summed E-state index contributed by atoms with van der Waals surface area (Å²) in [7, 11) is 1.87. The summed E-state index contributed by atoms with van der Waals surface area (Å²) in [6.07, 6.45) is 3.85. The van der Waals surface area contributed by atoms with E-state index < -0.39 is 0 Å². The van der Waals surface area contributed by atoms with E-state index in [1.165, 1.54) is 6.42 Å². The van der Waals surface area contributed by atoms with Gasteiger partial charge in [-0.3, -0.25) is 4.99 Å². The Morgan fingerprint density at radius 2 is 2.06 bits per heavy atom. The number of ether oxygens (including phenoxy) is 1. The van der Waals surface area contributed by atoms with Crippen LogP contribution in [0, 0.1) is 5.92 Å². The van der Waals surface area contributed by atoms with Gasteiger partial charge in [-0.15, -0.1) is 0 Å². The van der Waals surface area contributed by atoms with Crippen LogP contribution in [0.2, 0.25) is 0 Å². The molecule has 106 valence electrons. The highest BCUT2D eigenvalue weighted by Crippen LogP contribution is 2.13. The number of hydrogen-bond acceptors (Lipinski definition) is 2. The molecule has 0 aromatic heterocycles. The first-order valence-electron chi connectivity index (χ1n) is 7.24. The lowest BCUT2D eigenvalue weighted by Crippen LogP contribution is -2.47.